The highest BCUT2D eigenvalue weighted by Crippen LogP contribution is 2.23. The number of aromatic nitrogens is 2. The van der Waals surface area contributed by atoms with Gasteiger partial charge < -0.3 is 5.11 Å². The number of aliphatic carboxylic acids is 1. The Hall–Kier alpha value is -3.00. The monoisotopic (exact) mass is 469 g/mol. The van der Waals surface area contributed by atoms with Crippen LogP contribution in [0.2, 0.25) is 0 Å². The molecular weight excluding hydrogens is 450 g/mol. The first-order valence-electron chi connectivity index (χ1n) is 9.73. The minimum absolute atomic E-state index is 0.116. The van der Waals surface area contributed by atoms with Crippen LogP contribution in [0.4, 0.5) is 0 Å². The summed E-state index contributed by atoms with van der Waals surface area (Å²) in [5.41, 5.74) is 1.97. The van der Waals surface area contributed by atoms with Crippen molar-refractivity contribution in [3.05, 3.63) is 67.5 Å². The van der Waals surface area contributed by atoms with Crippen molar-refractivity contribution in [1.82, 2.24) is 9.13 Å². The van der Waals surface area contributed by atoms with Crippen molar-refractivity contribution in [3.8, 4) is 0 Å². The van der Waals surface area contributed by atoms with E-state index < -0.39 is 12.0 Å². The molecule has 154 valence electrons. The Bertz CT molecular complexity index is 1350. The Morgan fingerprint density at radius 1 is 1.20 bits per heavy atom. The zero-order valence-electron chi connectivity index (χ0n) is 16.3. The molecule has 1 aliphatic rings. The van der Waals surface area contributed by atoms with Crippen LogP contribution >= 0.6 is 15.9 Å². The number of carbonyl (C=O) groups is 2. The smallest absolute Gasteiger partial charge is 0.329 e. The van der Waals surface area contributed by atoms with Crippen molar-refractivity contribution in [2.75, 3.05) is 0 Å². The lowest BCUT2D eigenvalue weighted by Crippen LogP contribution is -2.32. The molecule has 1 aliphatic heterocycles. The van der Waals surface area contributed by atoms with Gasteiger partial charge in [-0.25, -0.2) is 9.79 Å². The normalized spacial score (nSPS) is 13.7. The lowest BCUT2D eigenvalue weighted by atomic mass is 10.1. The molecule has 7 nitrogen and oxygen atoms in total. The zero-order valence-corrected chi connectivity index (χ0v) is 17.9. The molecule has 2 heterocycles. The molecule has 0 radical (unpaired) electrons. The number of imidazole rings is 1. The van der Waals surface area contributed by atoms with Crippen molar-refractivity contribution >= 4 is 44.9 Å². The number of halogens is 1. The molecule has 0 spiro atoms. The van der Waals surface area contributed by atoms with Crippen molar-refractivity contribution < 1.29 is 14.7 Å². The second kappa shape index (κ2) is 8.02. The highest BCUT2D eigenvalue weighted by atomic mass is 79.9. The molecular formula is C22H20BrN3O4. The molecule has 1 aromatic heterocycles. The predicted octanol–water partition coefficient (Wildman–Crippen LogP) is 2.37. The minimum Gasteiger partial charge on any atom is -0.481 e. The average molecular weight is 470 g/mol. The largest absolute Gasteiger partial charge is 0.481 e. The van der Waals surface area contributed by atoms with E-state index in [0.717, 1.165) is 22.0 Å². The zero-order chi connectivity index (χ0) is 21.4. The molecule has 1 N–H and O–H groups in total. The number of fused-ring (bicyclic) bond motifs is 2. The van der Waals surface area contributed by atoms with Crippen LogP contribution in [0.1, 0.15) is 37.8 Å². The molecule has 0 saturated heterocycles. The van der Waals surface area contributed by atoms with E-state index in [-0.39, 0.29) is 24.6 Å². The van der Waals surface area contributed by atoms with Crippen molar-refractivity contribution in [1.29, 1.82) is 0 Å². The van der Waals surface area contributed by atoms with Crippen LogP contribution in [0.5, 0.6) is 0 Å². The van der Waals surface area contributed by atoms with E-state index in [0.29, 0.717) is 22.5 Å². The summed E-state index contributed by atoms with van der Waals surface area (Å²) in [4.78, 5) is 40.7. The van der Waals surface area contributed by atoms with Crippen LogP contribution in [-0.4, -0.2) is 26.1 Å². The molecule has 0 aliphatic carbocycles. The Kier molecular flexibility index (Phi) is 5.42. The molecule has 30 heavy (non-hydrogen) atoms. The summed E-state index contributed by atoms with van der Waals surface area (Å²) in [5.74, 6) is -1.25. The van der Waals surface area contributed by atoms with Crippen molar-refractivity contribution in [2.24, 2.45) is 4.99 Å². The van der Waals surface area contributed by atoms with Gasteiger partial charge in [0, 0.05) is 21.8 Å². The number of carbonyl (C=O) groups excluding carboxylic acids is 1. The summed E-state index contributed by atoms with van der Waals surface area (Å²) in [6.07, 6.45) is 2.72. The maximum atomic E-state index is 13.5. The molecule has 0 unspecified atom stereocenters. The highest BCUT2D eigenvalue weighted by molar-refractivity contribution is 9.10. The summed E-state index contributed by atoms with van der Waals surface area (Å²) in [6.45, 7) is 2.22. The minimum atomic E-state index is -0.934. The fraction of sp³-hybridized carbons (Fsp3) is 0.273. The summed E-state index contributed by atoms with van der Waals surface area (Å²) in [6, 6.07) is 10.6. The predicted molar refractivity (Wildman–Crippen MR) is 116 cm³/mol. The Labute approximate surface area is 180 Å². The number of nitrogens with zero attached hydrogens (tertiary/aromatic N) is 3. The molecule has 0 bridgehead atoms. The average Bonchev–Trinajstić information content (AvgIpc) is 3.18. The van der Waals surface area contributed by atoms with Crippen LogP contribution in [0.15, 0.2) is 50.7 Å². The molecule has 4 rings (SSSR count). The molecule has 2 aromatic carbocycles. The topological polar surface area (TPSA) is 93.7 Å². The van der Waals surface area contributed by atoms with Gasteiger partial charge in [-0.2, -0.15) is 0 Å². The van der Waals surface area contributed by atoms with E-state index in [4.69, 9.17) is 0 Å². The van der Waals surface area contributed by atoms with Gasteiger partial charge >= 0.3 is 11.7 Å². The number of para-hydroxylation sites is 2. The molecule has 0 fully saturated rings. The fourth-order valence-electron chi connectivity index (χ4n) is 4.09. The second-order valence-electron chi connectivity index (χ2n) is 7.36. The first-order chi connectivity index (χ1) is 14.4. The van der Waals surface area contributed by atoms with Gasteiger partial charge in [-0.3, -0.25) is 18.7 Å². The van der Waals surface area contributed by atoms with Gasteiger partial charge in [0.2, 0.25) is 0 Å². The van der Waals surface area contributed by atoms with E-state index >= 15 is 0 Å². The summed E-state index contributed by atoms with van der Waals surface area (Å²) in [7, 11) is 0. The molecule has 1 amide bonds. The van der Waals surface area contributed by atoms with Crippen LogP contribution in [-0.2, 0) is 16.1 Å². The van der Waals surface area contributed by atoms with Crippen LogP contribution < -0.4 is 16.3 Å². The number of amides is 1. The van der Waals surface area contributed by atoms with Crippen LogP contribution in [0.3, 0.4) is 0 Å². The SMILES string of the molecule is CCC[C@@H](CC(=O)O)n1c(=O)n(Cc2cc(Br)cc3c2=CC(=O)N=3)c2ccccc21. The Balaban J connectivity index is 1.91. The fourth-order valence-corrected chi connectivity index (χ4v) is 4.58. The summed E-state index contributed by atoms with van der Waals surface area (Å²) >= 11 is 3.45. The van der Waals surface area contributed by atoms with E-state index in [1.165, 1.54) is 6.08 Å². The Morgan fingerprint density at radius 3 is 2.63 bits per heavy atom. The second-order valence-corrected chi connectivity index (χ2v) is 8.28. The summed E-state index contributed by atoms with van der Waals surface area (Å²) in [5, 5.41) is 10.7. The Morgan fingerprint density at radius 2 is 1.93 bits per heavy atom. The van der Waals surface area contributed by atoms with Crippen molar-refractivity contribution in [2.45, 2.75) is 38.8 Å². The van der Waals surface area contributed by atoms with Gasteiger partial charge in [-0.15, -0.1) is 0 Å². The van der Waals surface area contributed by atoms with Gasteiger partial charge in [0.1, 0.15) is 0 Å². The first kappa shape index (κ1) is 20.3. The van der Waals surface area contributed by atoms with Crippen LogP contribution in [0.25, 0.3) is 17.1 Å². The quantitative estimate of drug-likeness (QED) is 0.574. The number of benzene rings is 2. The van der Waals surface area contributed by atoms with Gasteiger partial charge in [0.15, 0.2) is 0 Å². The van der Waals surface area contributed by atoms with E-state index in [9.17, 15) is 19.5 Å². The number of carboxylic acids is 1. The summed E-state index contributed by atoms with van der Waals surface area (Å²) < 4.78 is 4.01. The number of rotatable bonds is 7. The van der Waals surface area contributed by atoms with Gasteiger partial charge in [-0.05, 0) is 36.2 Å². The van der Waals surface area contributed by atoms with E-state index in [1.54, 1.807) is 15.2 Å². The lowest BCUT2D eigenvalue weighted by molar-refractivity contribution is -0.138. The lowest BCUT2D eigenvalue weighted by Gasteiger charge is -2.16. The van der Waals surface area contributed by atoms with Gasteiger partial charge in [-0.1, -0.05) is 41.4 Å². The van der Waals surface area contributed by atoms with E-state index in [2.05, 4.69) is 20.9 Å². The third-order valence-electron chi connectivity index (χ3n) is 5.30. The molecule has 1 atom stereocenters. The first-order valence-corrected chi connectivity index (χ1v) is 10.5. The number of hydrogen-bond acceptors (Lipinski definition) is 3. The molecule has 3 aromatic rings. The third kappa shape index (κ3) is 3.63. The van der Waals surface area contributed by atoms with Crippen molar-refractivity contribution in [3.63, 3.8) is 0 Å². The maximum Gasteiger partial charge on any atom is 0.329 e. The standard InChI is InChI=1S/C22H20BrN3O4/c1-2-5-15(10-21(28)29)26-19-7-4-3-6-18(19)25(22(26)30)12-13-8-14(23)9-17-16(13)11-20(27)24-17/h3-4,6-9,11,15H,2,5,10,12H2,1H3,(H,28,29)/t15-/m0/s1. The number of carboxylic acid groups (broad SMARTS) is 1. The number of hydrogen-bond donors (Lipinski definition) is 1. The maximum absolute atomic E-state index is 13.5. The van der Waals surface area contributed by atoms with Gasteiger partial charge in [0.25, 0.3) is 5.91 Å². The molecule has 0 saturated carbocycles. The van der Waals surface area contributed by atoms with Crippen LogP contribution in [0, 0.1) is 0 Å². The third-order valence-corrected chi connectivity index (χ3v) is 5.76. The highest BCUT2D eigenvalue weighted by Gasteiger charge is 2.22. The van der Waals surface area contributed by atoms with Gasteiger partial charge in [0.05, 0.1) is 29.4 Å². The molecule has 8 heteroatoms. The van der Waals surface area contributed by atoms with E-state index in [1.807, 2.05) is 37.3 Å².